The first kappa shape index (κ1) is 9.39. The number of ether oxygens (including phenoxy) is 2. The van der Waals surface area contributed by atoms with Gasteiger partial charge in [0.15, 0.2) is 11.5 Å². The van der Waals surface area contributed by atoms with Gasteiger partial charge >= 0.3 is 5.97 Å². The number of carboxylic acid groups (broad SMARTS) is 1. The molecule has 0 spiro atoms. The second kappa shape index (κ2) is 3.53. The van der Waals surface area contributed by atoms with Crippen LogP contribution in [0.2, 0.25) is 0 Å². The normalized spacial score (nSPS) is 14.0. The highest BCUT2D eigenvalue weighted by atomic mass is 16.7. The molecule has 5 nitrogen and oxygen atoms in total. The van der Waals surface area contributed by atoms with E-state index < -0.39 is 11.7 Å². The summed E-state index contributed by atoms with van der Waals surface area (Å²) in [4.78, 5) is 10.4. The number of aliphatic carboxylic acids is 1. The third-order valence-electron chi connectivity index (χ3n) is 1.92. The monoisotopic (exact) mass is 208 g/mol. The molecule has 5 heteroatoms. The van der Waals surface area contributed by atoms with Crippen LogP contribution in [0.5, 0.6) is 11.5 Å². The predicted octanol–water partition coefficient (Wildman–Crippen LogP) is 1.40. The molecule has 1 aromatic rings. The molecule has 2 N–H and O–H groups in total. The third kappa shape index (κ3) is 1.85. The number of aliphatic hydroxyl groups excluding tert-OH is 1. The van der Waals surface area contributed by atoms with E-state index >= 15 is 0 Å². The van der Waals surface area contributed by atoms with E-state index in [2.05, 4.69) is 0 Å². The molecule has 0 aromatic heterocycles. The molecule has 0 fully saturated rings. The first-order valence-electron chi connectivity index (χ1n) is 4.20. The standard InChI is InChI=1S/C10H8O5/c11-7(10(12)13)3-6-1-2-8-9(4-6)15-5-14-8/h1-4,11H,5H2,(H,12,13)/b7-3-. The molecule has 1 aliphatic rings. The summed E-state index contributed by atoms with van der Waals surface area (Å²) in [6, 6.07) is 4.89. The maximum atomic E-state index is 10.4. The predicted molar refractivity (Wildman–Crippen MR) is 50.8 cm³/mol. The number of rotatable bonds is 2. The molecular weight excluding hydrogens is 200 g/mol. The van der Waals surface area contributed by atoms with Crippen LogP contribution in [0.1, 0.15) is 5.56 Å². The second-order valence-electron chi connectivity index (χ2n) is 2.95. The summed E-state index contributed by atoms with van der Waals surface area (Å²) in [6.45, 7) is 0.160. The lowest BCUT2D eigenvalue weighted by Gasteiger charge is -1.98. The van der Waals surface area contributed by atoms with Crippen LogP contribution in [-0.4, -0.2) is 23.0 Å². The highest BCUT2D eigenvalue weighted by Crippen LogP contribution is 2.32. The van der Waals surface area contributed by atoms with Gasteiger partial charge in [-0.15, -0.1) is 0 Å². The zero-order chi connectivity index (χ0) is 10.8. The Balaban J connectivity index is 2.31. The van der Waals surface area contributed by atoms with Gasteiger partial charge in [-0.05, 0) is 23.8 Å². The number of carboxylic acids is 1. The van der Waals surface area contributed by atoms with Gasteiger partial charge in [0.25, 0.3) is 0 Å². The lowest BCUT2D eigenvalue weighted by atomic mass is 10.2. The number of benzene rings is 1. The average Bonchev–Trinajstić information content (AvgIpc) is 2.64. The fourth-order valence-electron chi connectivity index (χ4n) is 1.22. The summed E-state index contributed by atoms with van der Waals surface area (Å²) in [6.07, 6.45) is 1.14. The van der Waals surface area contributed by atoms with Crippen LogP contribution >= 0.6 is 0 Å². The lowest BCUT2D eigenvalue weighted by Crippen LogP contribution is -1.98. The van der Waals surface area contributed by atoms with E-state index in [4.69, 9.17) is 19.7 Å². The third-order valence-corrected chi connectivity index (χ3v) is 1.92. The Morgan fingerprint density at radius 2 is 2.00 bits per heavy atom. The van der Waals surface area contributed by atoms with E-state index in [1.807, 2.05) is 0 Å². The van der Waals surface area contributed by atoms with E-state index in [0.717, 1.165) is 6.08 Å². The highest BCUT2D eigenvalue weighted by molar-refractivity contribution is 5.89. The van der Waals surface area contributed by atoms with Crippen molar-refractivity contribution in [3.63, 3.8) is 0 Å². The first-order valence-corrected chi connectivity index (χ1v) is 4.20. The summed E-state index contributed by atoms with van der Waals surface area (Å²) in [7, 11) is 0. The molecule has 0 saturated heterocycles. The Morgan fingerprint density at radius 3 is 2.73 bits per heavy atom. The smallest absolute Gasteiger partial charge is 0.370 e. The highest BCUT2D eigenvalue weighted by Gasteiger charge is 2.13. The van der Waals surface area contributed by atoms with Gasteiger partial charge in [0.05, 0.1) is 0 Å². The molecule has 15 heavy (non-hydrogen) atoms. The topological polar surface area (TPSA) is 76.0 Å². The maximum absolute atomic E-state index is 10.4. The number of hydrogen-bond donors (Lipinski definition) is 2. The molecule has 0 bridgehead atoms. The quantitative estimate of drug-likeness (QED) is 0.567. The summed E-state index contributed by atoms with van der Waals surface area (Å²) in [5.74, 6) is -0.926. The van der Waals surface area contributed by atoms with Crippen molar-refractivity contribution in [1.82, 2.24) is 0 Å². The summed E-state index contributed by atoms with van der Waals surface area (Å²) < 4.78 is 10.2. The number of carbonyl (C=O) groups is 1. The molecule has 1 aromatic carbocycles. The van der Waals surface area contributed by atoms with Gasteiger partial charge in [0.1, 0.15) is 0 Å². The first-order chi connectivity index (χ1) is 7.16. The Morgan fingerprint density at radius 1 is 1.27 bits per heavy atom. The molecule has 0 unspecified atom stereocenters. The van der Waals surface area contributed by atoms with Gasteiger partial charge in [0, 0.05) is 0 Å². The molecule has 0 aliphatic carbocycles. The van der Waals surface area contributed by atoms with Crippen LogP contribution in [0.15, 0.2) is 24.0 Å². The second-order valence-corrected chi connectivity index (χ2v) is 2.95. The van der Waals surface area contributed by atoms with Crippen molar-refractivity contribution in [2.24, 2.45) is 0 Å². The van der Waals surface area contributed by atoms with Gasteiger partial charge in [0.2, 0.25) is 12.6 Å². The van der Waals surface area contributed by atoms with Crippen LogP contribution in [-0.2, 0) is 4.79 Å². The fraction of sp³-hybridized carbons (Fsp3) is 0.100. The van der Waals surface area contributed by atoms with E-state index in [1.54, 1.807) is 18.2 Å². The zero-order valence-corrected chi connectivity index (χ0v) is 7.64. The van der Waals surface area contributed by atoms with Crippen molar-refractivity contribution < 1.29 is 24.5 Å². The molecule has 0 atom stereocenters. The Kier molecular flexibility index (Phi) is 2.21. The van der Waals surface area contributed by atoms with Crippen molar-refractivity contribution in [2.75, 3.05) is 6.79 Å². The van der Waals surface area contributed by atoms with Crippen LogP contribution in [0.25, 0.3) is 6.08 Å². The molecule has 0 saturated carbocycles. The molecule has 2 rings (SSSR count). The van der Waals surface area contributed by atoms with Gasteiger partial charge in [-0.3, -0.25) is 0 Å². The van der Waals surface area contributed by atoms with Crippen molar-refractivity contribution in [3.8, 4) is 11.5 Å². The minimum absolute atomic E-state index is 0.160. The van der Waals surface area contributed by atoms with Crippen LogP contribution in [0, 0.1) is 0 Å². The molecule has 1 heterocycles. The Hall–Kier alpha value is -2.17. The largest absolute Gasteiger partial charge is 0.502 e. The van der Waals surface area contributed by atoms with Gasteiger partial charge < -0.3 is 19.7 Å². The zero-order valence-electron chi connectivity index (χ0n) is 7.64. The minimum atomic E-state index is -1.37. The van der Waals surface area contributed by atoms with E-state index in [1.165, 1.54) is 0 Å². The summed E-state index contributed by atoms with van der Waals surface area (Å²) in [5, 5.41) is 17.5. The van der Waals surface area contributed by atoms with Crippen LogP contribution in [0.4, 0.5) is 0 Å². The van der Waals surface area contributed by atoms with Crippen molar-refractivity contribution >= 4 is 12.0 Å². The van der Waals surface area contributed by atoms with E-state index in [0.29, 0.717) is 17.1 Å². The number of fused-ring (bicyclic) bond motifs is 1. The van der Waals surface area contributed by atoms with E-state index in [-0.39, 0.29) is 6.79 Å². The lowest BCUT2D eigenvalue weighted by molar-refractivity contribution is -0.135. The van der Waals surface area contributed by atoms with Crippen molar-refractivity contribution in [1.29, 1.82) is 0 Å². The van der Waals surface area contributed by atoms with Gasteiger partial charge in [-0.2, -0.15) is 0 Å². The van der Waals surface area contributed by atoms with Crippen molar-refractivity contribution in [2.45, 2.75) is 0 Å². The summed E-state index contributed by atoms with van der Waals surface area (Å²) in [5.41, 5.74) is 0.541. The minimum Gasteiger partial charge on any atom is -0.502 e. The molecule has 0 amide bonds. The average molecular weight is 208 g/mol. The van der Waals surface area contributed by atoms with Crippen LogP contribution < -0.4 is 9.47 Å². The van der Waals surface area contributed by atoms with Gasteiger partial charge in [-0.1, -0.05) is 6.07 Å². The van der Waals surface area contributed by atoms with Gasteiger partial charge in [-0.25, -0.2) is 4.79 Å². The Bertz CT molecular complexity index is 435. The molecule has 0 radical (unpaired) electrons. The number of aliphatic hydroxyl groups is 1. The SMILES string of the molecule is O=C(O)/C(O)=C/c1ccc2c(c1)OCO2. The maximum Gasteiger partial charge on any atom is 0.370 e. The summed E-state index contributed by atoms with van der Waals surface area (Å²) >= 11 is 0. The number of hydrogen-bond acceptors (Lipinski definition) is 4. The fourth-order valence-corrected chi connectivity index (χ4v) is 1.22. The Labute approximate surface area is 85.2 Å². The molecule has 1 aliphatic heterocycles. The van der Waals surface area contributed by atoms with Crippen molar-refractivity contribution in [3.05, 3.63) is 29.5 Å². The molecule has 78 valence electrons. The van der Waals surface area contributed by atoms with E-state index in [9.17, 15) is 4.79 Å². The molecular formula is C10H8O5. The van der Waals surface area contributed by atoms with Crippen LogP contribution in [0.3, 0.4) is 0 Å².